The van der Waals surface area contributed by atoms with Crippen LogP contribution in [0.2, 0.25) is 0 Å². The molecular weight excluding hydrogens is 310 g/mol. The highest BCUT2D eigenvalue weighted by molar-refractivity contribution is 6.11. The van der Waals surface area contributed by atoms with E-state index < -0.39 is 17.4 Å². The largest absolute Gasteiger partial charge is 0.289 e. The fraction of sp³-hybridized carbons (Fsp3) is 0. The van der Waals surface area contributed by atoms with Gasteiger partial charge in [-0.15, -0.1) is 0 Å². The van der Waals surface area contributed by atoms with Crippen molar-refractivity contribution in [2.24, 2.45) is 0 Å². The van der Waals surface area contributed by atoms with Crippen LogP contribution >= 0.6 is 0 Å². The van der Waals surface area contributed by atoms with Crippen LogP contribution in [0.5, 0.6) is 0 Å². The van der Waals surface area contributed by atoms with E-state index in [9.17, 15) is 18.4 Å². The van der Waals surface area contributed by atoms with Gasteiger partial charge in [0.05, 0.1) is 5.56 Å². The van der Waals surface area contributed by atoms with E-state index in [1.807, 2.05) is 0 Å². The summed E-state index contributed by atoms with van der Waals surface area (Å²) in [6.45, 7) is 0. The Bertz CT molecular complexity index is 898. The van der Waals surface area contributed by atoms with Crippen LogP contribution in [-0.4, -0.2) is 11.6 Å². The lowest BCUT2D eigenvalue weighted by Gasteiger charge is -2.05. The van der Waals surface area contributed by atoms with Crippen LogP contribution < -0.4 is 0 Å². The summed E-state index contributed by atoms with van der Waals surface area (Å²) in [5.74, 6) is -1.74. The highest BCUT2D eigenvalue weighted by Crippen LogP contribution is 2.16. The van der Waals surface area contributed by atoms with E-state index in [-0.39, 0.29) is 16.9 Å². The van der Waals surface area contributed by atoms with Crippen LogP contribution in [0.4, 0.5) is 8.78 Å². The van der Waals surface area contributed by atoms with E-state index in [1.165, 1.54) is 66.7 Å². The summed E-state index contributed by atoms with van der Waals surface area (Å²) in [7, 11) is 0. The van der Waals surface area contributed by atoms with Crippen LogP contribution in [0.25, 0.3) is 0 Å². The summed E-state index contributed by atoms with van der Waals surface area (Å²) in [5.41, 5.74) is 0.988. The predicted molar refractivity (Wildman–Crippen MR) is 86.1 cm³/mol. The number of carbonyl (C=O) groups is 2. The minimum Gasteiger partial charge on any atom is -0.289 e. The van der Waals surface area contributed by atoms with Crippen molar-refractivity contribution in [2.75, 3.05) is 0 Å². The van der Waals surface area contributed by atoms with Crippen LogP contribution in [0, 0.1) is 11.6 Å². The molecule has 0 aliphatic rings. The smallest absolute Gasteiger partial charge is 0.195 e. The zero-order valence-corrected chi connectivity index (χ0v) is 12.5. The van der Waals surface area contributed by atoms with E-state index in [0.717, 1.165) is 0 Å². The van der Waals surface area contributed by atoms with Crippen molar-refractivity contribution in [3.05, 3.63) is 107 Å². The number of carbonyl (C=O) groups excluding carboxylic acids is 2. The van der Waals surface area contributed by atoms with E-state index in [4.69, 9.17) is 0 Å². The molecule has 3 aromatic rings. The normalized spacial score (nSPS) is 10.4. The zero-order valence-electron chi connectivity index (χ0n) is 12.5. The summed E-state index contributed by atoms with van der Waals surface area (Å²) in [6.07, 6.45) is 0. The lowest BCUT2D eigenvalue weighted by Crippen LogP contribution is -2.06. The van der Waals surface area contributed by atoms with Crippen molar-refractivity contribution in [3.8, 4) is 0 Å². The van der Waals surface area contributed by atoms with Gasteiger partial charge in [-0.3, -0.25) is 9.59 Å². The first kappa shape index (κ1) is 15.7. The third-order valence-corrected chi connectivity index (χ3v) is 3.63. The maximum absolute atomic E-state index is 13.7. The highest BCUT2D eigenvalue weighted by Gasteiger charge is 2.15. The second kappa shape index (κ2) is 6.54. The average molecular weight is 322 g/mol. The van der Waals surface area contributed by atoms with Gasteiger partial charge in [0.25, 0.3) is 0 Å². The van der Waals surface area contributed by atoms with Gasteiger partial charge in [-0.25, -0.2) is 8.78 Å². The molecule has 3 aromatic carbocycles. The van der Waals surface area contributed by atoms with E-state index in [2.05, 4.69) is 0 Å². The predicted octanol–water partition coefficient (Wildman–Crippen LogP) is 4.43. The van der Waals surface area contributed by atoms with Gasteiger partial charge in [0.1, 0.15) is 11.6 Å². The van der Waals surface area contributed by atoms with Crippen molar-refractivity contribution < 1.29 is 18.4 Å². The Kier molecular flexibility index (Phi) is 4.29. The molecule has 24 heavy (non-hydrogen) atoms. The molecule has 0 fully saturated rings. The molecule has 118 valence electrons. The standard InChI is InChI=1S/C20H12F2O2/c21-16-11-9-14(10-12-16)19(23)13-5-7-15(8-6-13)20(24)17-3-1-2-4-18(17)22/h1-12H. The molecule has 0 N–H and O–H groups in total. The molecule has 0 aromatic heterocycles. The Labute approximate surface area is 137 Å². The lowest BCUT2D eigenvalue weighted by atomic mass is 9.98. The fourth-order valence-corrected chi connectivity index (χ4v) is 2.34. The highest BCUT2D eigenvalue weighted by atomic mass is 19.1. The number of hydrogen-bond donors (Lipinski definition) is 0. The Balaban J connectivity index is 1.85. The first-order valence-electron chi connectivity index (χ1n) is 7.26. The van der Waals surface area contributed by atoms with Gasteiger partial charge in [-0.1, -0.05) is 36.4 Å². The van der Waals surface area contributed by atoms with Gasteiger partial charge in [0.2, 0.25) is 0 Å². The van der Waals surface area contributed by atoms with Crippen molar-refractivity contribution in [3.63, 3.8) is 0 Å². The fourth-order valence-electron chi connectivity index (χ4n) is 2.34. The molecule has 4 heteroatoms. The zero-order chi connectivity index (χ0) is 17.1. The molecule has 3 rings (SSSR count). The summed E-state index contributed by atoms with van der Waals surface area (Å²) in [5, 5.41) is 0. The van der Waals surface area contributed by atoms with Crippen LogP contribution in [-0.2, 0) is 0 Å². The molecule has 0 bridgehead atoms. The average Bonchev–Trinajstić information content (AvgIpc) is 2.62. The van der Waals surface area contributed by atoms with Gasteiger partial charge >= 0.3 is 0 Å². The van der Waals surface area contributed by atoms with Crippen LogP contribution in [0.3, 0.4) is 0 Å². The number of benzene rings is 3. The molecule has 2 nitrogen and oxygen atoms in total. The van der Waals surface area contributed by atoms with Gasteiger partial charge in [-0.05, 0) is 36.4 Å². The Morgan fingerprint density at radius 3 is 1.58 bits per heavy atom. The monoisotopic (exact) mass is 322 g/mol. The third-order valence-electron chi connectivity index (χ3n) is 3.63. The number of rotatable bonds is 4. The first-order chi connectivity index (χ1) is 11.6. The third kappa shape index (κ3) is 3.13. The Hall–Kier alpha value is -3.14. The molecule has 0 radical (unpaired) electrons. The molecule has 0 saturated carbocycles. The number of hydrogen-bond acceptors (Lipinski definition) is 2. The van der Waals surface area contributed by atoms with Gasteiger partial charge < -0.3 is 0 Å². The number of ketones is 2. The Morgan fingerprint density at radius 2 is 1.04 bits per heavy atom. The molecular formula is C20H12F2O2. The Morgan fingerprint density at radius 1 is 0.583 bits per heavy atom. The second-order valence-corrected chi connectivity index (χ2v) is 5.22. The maximum Gasteiger partial charge on any atom is 0.195 e. The molecule has 0 atom stereocenters. The van der Waals surface area contributed by atoms with E-state index in [1.54, 1.807) is 6.07 Å². The van der Waals surface area contributed by atoms with Crippen LogP contribution in [0.15, 0.2) is 72.8 Å². The van der Waals surface area contributed by atoms with Gasteiger partial charge in [-0.2, -0.15) is 0 Å². The second-order valence-electron chi connectivity index (χ2n) is 5.22. The van der Waals surface area contributed by atoms with Crippen molar-refractivity contribution in [2.45, 2.75) is 0 Å². The van der Waals surface area contributed by atoms with Crippen molar-refractivity contribution >= 4 is 11.6 Å². The lowest BCUT2D eigenvalue weighted by molar-refractivity contribution is 0.102. The quantitative estimate of drug-likeness (QED) is 0.666. The maximum atomic E-state index is 13.7. The minimum absolute atomic E-state index is 0.0184. The van der Waals surface area contributed by atoms with Gasteiger partial charge in [0, 0.05) is 16.7 Å². The molecule has 0 aliphatic heterocycles. The first-order valence-corrected chi connectivity index (χ1v) is 7.26. The van der Waals surface area contributed by atoms with E-state index in [0.29, 0.717) is 11.1 Å². The van der Waals surface area contributed by atoms with Crippen molar-refractivity contribution in [1.29, 1.82) is 0 Å². The van der Waals surface area contributed by atoms with Crippen LogP contribution in [0.1, 0.15) is 31.8 Å². The van der Waals surface area contributed by atoms with Crippen molar-refractivity contribution in [1.82, 2.24) is 0 Å². The summed E-state index contributed by atoms with van der Waals surface area (Å²) in [6, 6.07) is 16.9. The molecule has 0 saturated heterocycles. The number of halogens is 2. The molecule has 0 spiro atoms. The topological polar surface area (TPSA) is 34.1 Å². The molecule has 0 heterocycles. The molecule has 0 unspecified atom stereocenters. The molecule has 0 amide bonds. The van der Waals surface area contributed by atoms with Gasteiger partial charge in [0.15, 0.2) is 11.6 Å². The summed E-state index contributed by atoms with van der Waals surface area (Å²) in [4.78, 5) is 24.6. The minimum atomic E-state index is -0.589. The SMILES string of the molecule is O=C(c1ccc(F)cc1)c1ccc(C(=O)c2ccccc2F)cc1. The summed E-state index contributed by atoms with van der Waals surface area (Å²) < 4.78 is 26.6. The van der Waals surface area contributed by atoms with E-state index >= 15 is 0 Å². The molecule has 0 aliphatic carbocycles. The summed E-state index contributed by atoms with van der Waals surface area (Å²) >= 11 is 0.